The maximum atomic E-state index is 5.30. The van der Waals surface area contributed by atoms with Crippen LogP contribution in [0.2, 0.25) is 0 Å². The predicted octanol–water partition coefficient (Wildman–Crippen LogP) is 0.799. The number of nitrogens with two attached hydrogens (primary N) is 1. The molecule has 1 aromatic heterocycles. The van der Waals surface area contributed by atoms with Crippen molar-refractivity contribution >= 4 is 11.5 Å². The number of aromatic nitrogens is 2. The zero-order chi connectivity index (χ0) is 9.84. The van der Waals surface area contributed by atoms with Gasteiger partial charge in [-0.25, -0.2) is 5.43 Å². The minimum Gasteiger partial charge on any atom is -0.270 e. The van der Waals surface area contributed by atoms with E-state index in [0.29, 0.717) is 5.92 Å². The molecular weight excluding hydrogens is 184 g/mol. The lowest BCUT2D eigenvalue weighted by Crippen LogP contribution is -2.27. The zero-order valence-corrected chi connectivity index (χ0v) is 8.43. The molecular formula is C8H12N4S. The summed E-state index contributed by atoms with van der Waals surface area (Å²) in [6, 6.07) is -0.280. The van der Waals surface area contributed by atoms with Crippen LogP contribution >= 0.6 is 11.5 Å². The van der Waals surface area contributed by atoms with Gasteiger partial charge in [0, 0.05) is 0 Å². The molecule has 1 heterocycles. The van der Waals surface area contributed by atoms with Crippen LogP contribution in [0.5, 0.6) is 0 Å². The second kappa shape index (κ2) is 4.33. The first-order chi connectivity index (χ1) is 6.20. The van der Waals surface area contributed by atoms with Gasteiger partial charge in [0.05, 0.1) is 10.6 Å². The fraction of sp³-hybridized carbons (Fsp3) is 0.500. The summed E-state index contributed by atoms with van der Waals surface area (Å²) in [6.07, 6.45) is 5.30. The van der Waals surface area contributed by atoms with Gasteiger partial charge >= 0.3 is 0 Å². The molecule has 0 amide bonds. The predicted molar refractivity (Wildman–Crippen MR) is 52.9 cm³/mol. The van der Waals surface area contributed by atoms with Crippen molar-refractivity contribution < 1.29 is 0 Å². The molecule has 0 radical (unpaired) electrons. The van der Waals surface area contributed by atoms with Crippen LogP contribution in [0.15, 0.2) is 0 Å². The topological polar surface area (TPSA) is 63.8 Å². The Labute approximate surface area is 81.7 Å². The Hall–Kier alpha value is -0.960. The van der Waals surface area contributed by atoms with Crippen molar-refractivity contribution in [2.24, 2.45) is 5.84 Å². The van der Waals surface area contributed by atoms with Crippen molar-refractivity contribution in [3.05, 3.63) is 10.6 Å². The van der Waals surface area contributed by atoms with E-state index in [0.717, 1.165) is 10.6 Å². The van der Waals surface area contributed by atoms with Crippen molar-refractivity contribution in [2.45, 2.75) is 25.8 Å². The quantitative estimate of drug-likeness (QED) is 0.426. The van der Waals surface area contributed by atoms with Crippen LogP contribution in [0.25, 0.3) is 0 Å². The molecule has 0 saturated carbocycles. The van der Waals surface area contributed by atoms with Gasteiger partial charge in [0.1, 0.15) is 6.04 Å². The Morgan fingerprint density at radius 2 is 2.31 bits per heavy atom. The van der Waals surface area contributed by atoms with E-state index in [1.807, 2.05) is 13.8 Å². The highest BCUT2D eigenvalue weighted by molar-refractivity contribution is 7.05. The SMILES string of the molecule is C#CC(NN)c1snnc1C(C)C. The van der Waals surface area contributed by atoms with Crippen LogP contribution in [0, 0.1) is 12.3 Å². The van der Waals surface area contributed by atoms with Crippen molar-refractivity contribution in [1.29, 1.82) is 0 Å². The summed E-state index contributed by atoms with van der Waals surface area (Å²) in [7, 11) is 0. The number of hydrazine groups is 1. The summed E-state index contributed by atoms with van der Waals surface area (Å²) in [4.78, 5) is 0.931. The number of nitrogens with one attached hydrogen (secondary N) is 1. The number of rotatable bonds is 3. The van der Waals surface area contributed by atoms with Gasteiger partial charge in [-0.1, -0.05) is 24.3 Å². The molecule has 1 unspecified atom stereocenters. The number of nitrogens with zero attached hydrogens (tertiary/aromatic N) is 2. The van der Waals surface area contributed by atoms with Crippen molar-refractivity contribution in [2.75, 3.05) is 0 Å². The molecule has 1 rings (SSSR count). The zero-order valence-electron chi connectivity index (χ0n) is 7.61. The van der Waals surface area contributed by atoms with E-state index in [1.54, 1.807) is 0 Å². The number of terminal acetylenes is 1. The van der Waals surface area contributed by atoms with Gasteiger partial charge < -0.3 is 0 Å². The highest BCUT2D eigenvalue weighted by atomic mass is 32.1. The summed E-state index contributed by atoms with van der Waals surface area (Å²) >= 11 is 1.29. The van der Waals surface area contributed by atoms with Crippen LogP contribution in [-0.2, 0) is 0 Å². The van der Waals surface area contributed by atoms with Gasteiger partial charge in [-0.15, -0.1) is 11.5 Å². The van der Waals surface area contributed by atoms with Crippen molar-refractivity contribution in [3.63, 3.8) is 0 Å². The molecule has 0 aliphatic rings. The highest BCUT2D eigenvalue weighted by Crippen LogP contribution is 2.24. The Bertz CT molecular complexity index is 312. The van der Waals surface area contributed by atoms with Gasteiger partial charge in [-0.2, -0.15) is 0 Å². The summed E-state index contributed by atoms with van der Waals surface area (Å²) in [5.41, 5.74) is 3.47. The first kappa shape index (κ1) is 10.1. The first-order valence-electron chi connectivity index (χ1n) is 3.95. The Balaban J connectivity index is 3.00. The van der Waals surface area contributed by atoms with Gasteiger partial charge in [-0.05, 0) is 17.5 Å². The molecule has 0 spiro atoms. The maximum Gasteiger partial charge on any atom is 0.119 e. The molecule has 1 atom stereocenters. The van der Waals surface area contributed by atoms with Gasteiger partial charge in [0.15, 0.2) is 0 Å². The number of hydrogen-bond acceptors (Lipinski definition) is 5. The third-order valence-corrected chi connectivity index (χ3v) is 2.49. The van der Waals surface area contributed by atoms with Crippen LogP contribution < -0.4 is 11.3 Å². The van der Waals surface area contributed by atoms with Gasteiger partial charge in [0.25, 0.3) is 0 Å². The molecule has 70 valence electrons. The summed E-state index contributed by atoms with van der Waals surface area (Å²) < 4.78 is 3.86. The van der Waals surface area contributed by atoms with Crippen LogP contribution in [0.3, 0.4) is 0 Å². The molecule has 1 aromatic rings. The van der Waals surface area contributed by atoms with Gasteiger partial charge in [-0.3, -0.25) is 5.84 Å². The van der Waals surface area contributed by atoms with Crippen molar-refractivity contribution in [1.82, 2.24) is 15.0 Å². The van der Waals surface area contributed by atoms with Crippen LogP contribution in [0.1, 0.15) is 36.4 Å². The highest BCUT2D eigenvalue weighted by Gasteiger charge is 2.17. The Morgan fingerprint density at radius 3 is 2.77 bits per heavy atom. The summed E-state index contributed by atoms with van der Waals surface area (Å²) in [6.45, 7) is 4.09. The molecule has 4 nitrogen and oxygen atoms in total. The Kier molecular flexibility index (Phi) is 3.37. The standard InChI is InChI=1S/C8H12N4S/c1-4-6(10-9)8-7(5(2)3)11-12-13-8/h1,5-6,10H,9H2,2-3H3. The van der Waals surface area contributed by atoms with Crippen molar-refractivity contribution in [3.8, 4) is 12.3 Å². The molecule has 13 heavy (non-hydrogen) atoms. The van der Waals surface area contributed by atoms with E-state index < -0.39 is 0 Å². The largest absolute Gasteiger partial charge is 0.270 e. The van der Waals surface area contributed by atoms with E-state index in [2.05, 4.69) is 20.9 Å². The van der Waals surface area contributed by atoms with E-state index in [1.165, 1.54) is 11.5 Å². The smallest absolute Gasteiger partial charge is 0.119 e. The third-order valence-electron chi connectivity index (χ3n) is 1.68. The molecule has 5 heteroatoms. The lowest BCUT2D eigenvalue weighted by Gasteiger charge is -2.09. The lowest BCUT2D eigenvalue weighted by atomic mass is 10.1. The average molecular weight is 196 g/mol. The normalized spacial score (nSPS) is 12.8. The van der Waals surface area contributed by atoms with E-state index in [9.17, 15) is 0 Å². The molecule has 0 aliphatic carbocycles. The Morgan fingerprint density at radius 1 is 1.62 bits per heavy atom. The molecule has 0 aliphatic heterocycles. The fourth-order valence-corrected chi connectivity index (χ4v) is 1.83. The molecule has 3 N–H and O–H groups in total. The minimum atomic E-state index is -0.280. The third kappa shape index (κ3) is 2.04. The number of hydrogen-bond donors (Lipinski definition) is 2. The second-order valence-corrected chi connectivity index (χ2v) is 3.73. The van der Waals surface area contributed by atoms with E-state index in [-0.39, 0.29) is 6.04 Å². The second-order valence-electron chi connectivity index (χ2n) is 2.94. The van der Waals surface area contributed by atoms with Gasteiger partial charge in [0.2, 0.25) is 0 Å². The maximum absolute atomic E-state index is 5.30. The van der Waals surface area contributed by atoms with E-state index in [4.69, 9.17) is 12.3 Å². The fourth-order valence-electron chi connectivity index (χ4n) is 1.00. The lowest BCUT2D eigenvalue weighted by molar-refractivity contribution is 0.664. The van der Waals surface area contributed by atoms with Crippen LogP contribution in [0.4, 0.5) is 0 Å². The first-order valence-corrected chi connectivity index (χ1v) is 4.72. The minimum absolute atomic E-state index is 0.280. The molecule has 0 fully saturated rings. The van der Waals surface area contributed by atoms with E-state index >= 15 is 0 Å². The van der Waals surface area contributed by atoms with Crippen LogP contribution in [-0.4, -0.2) is 9.59 Å². The monoisotopic (exact) mass is 196 g/mol. The molecule has 0 aromatic carbocycles. The summed E-state index contributed by atoms with van der Waals surface area (Å²) in [5.74, 6) is 8.16. The molecule has 0 bridgehead atoms. The molecule has 0 saturated heterocycles. The average Bonchev–Trinajstić information content (AvgIpc) is 2.55. The summed E-state index contributed by atoms with van der Waals surface area (Å²) in [5, 5.41) is 4.01.